The third-order valence-corrected chi connectivity index (χ3v) is 5.67. The highest BCUT2D eigenvalue weighted by Gasteiger charge is 2.25. The molecule has 3 rings (SSSR count). The number of carbonyl (C=O) groups excluding carboxylic acids is 2. The molecule has 1 saturated carbocycles. The maximum absolute atomic E-state index is 12.2. The van der Waals surface area contributed by atoms with Gasteiger partial charge in [-0.25, -0.2) is 4.98 Å². The topological polar surface area (TPSA) is 72.6 Å². The number of hydrogen-bond acceptors (Lipinski definition) is 6. The number of hydrogen-bond donors (Lipinski definition) is 0. The molecule has 1 amide bonds. The zero-order valence-electron chi connectivity index (χ0n) is 15.1. The van der Waals surface area contributed by atoms with E-state index in [0.29, 0.717) is 10.8 Å². The van der Waals surface area contributed by atoms with E-state index in [1.807, 2.05) is 24.3 Å². The molecule has 0 atom stereocenters. The van der Waals surface area contributed by atoms with Crippen molar-refractivity contribution in [2.45, 2.75) is 43.9 Å². The van der Waals surface area contributed by atoms with Gasteiger partial charge in [0.2, 0.25) is 0 Å². The van der Waals surface area contributed by atoms with Crippen LogP contribution in [0.1, 0.15) is 32.6 Å². The lowest BCUT2D eigenvalue weighted by molar-refractivity contribution is -0.150. The third-order valence-electron chi connectivity index (χ3n) is 4.87. The number of benzene rings is 1. The summed E-state index contributed by atoms with van der Waals surface area (Å²) in [5.74, 6) is 0.197. The Kier molecular flexibility index (Phi) is 6.19. The van der Waals surface area contributed by atoms with Crippen molar-refractivity contribution in [2.24, 2.45) is 5.92 Å². The van der Waals surface area contributed by atoms with Crippen molar-refractivity contribution in [3.8, 4) is 0 Å². The molecule has 26 heavy (non-hydrogen) atoms. The van der Waals surface area contributed by atoms with Crippen molar-refractivity contribution in [3.05, 3.63) is 24.3 Å². The second kappa shape index (κ2) is 8.58. The van der Waals surface area contributed by atoms with Crippen LogP contribution in [0.15, 0.2) is 33.9 Å². The average Bonchev–Trinajstić information content (AvgIpc) is 3.07. The number of rotatable bonds is 6. The van der Waals surface area contributed by atoms with Gasteiger partial charge < -0.3 is 14.1 Å². The Bertz CT molecular complexity index is 735. The molecule has 140 valence electrons. The second-order valence-electron chi connectivity index (χ2n) is 6.82. The van der Waals surface area contributed by atoms with E-state index in [-0.39, 0.29) is 24.3 Å². The number of fused-ring (bicyclic) bond motifs is 1. The minimum atomic E-state index is -0.448. The highest BCUT2D eigenvalue weighted by molar-refractivity contribution is 7.99. The summed E-state index contributed by atoms with van der Waals surface area (Å²) in [5.41, 5.74) is 1.43. The molecule has 0 spiro atoms. The SMILES string of the molecule is CC1CCC(N(C)C(=O)COC(=O)CSc2nc3ccccc3o2)CC1. The van der Waals surface area contributed by atoms with Crippen LogP contribution >= 0.6 is 11.8 Å². The summed E-state index contributed by atoms with van der Waals surface area (Å²) in [6, 6.07) is 7.67. The molecule has 6 nitrogen and oxygen atoms in total. The molecule has 1 aliphatic rings. The molecule has 0 bridgehead atoms. The average molecular weight is 376 g/mol. The molecule has 0 unspecified atom stereocenters. The van der Waals surface area contributed by atoms with Crippen molar-refractivity contribution in [1.29, 1.82) is 0 Å². The number of thioether (sulfide) groups is 1. The summed E-state index contributed by atoms with van der Waals surface area (Å²) < 4.78 is 10.7. The van der Waals surface area contributed by atoms with Crippen LogP contribution in [0.25, 0.3) is 11.1 Å². The van der Waals surface area contributed by atoms with Gasteiger partial charge in [0.25, 0.3) is 11.1 Å². The minimum absolute atomic E-state index is 0.0603. The molecule has 1 aromatic heterocycles. The van der Waals surface area contributed by atoms with Gasteiger partial charge in [0, 0.05) is 13.1 Å². The molecule has 0 saturated heterocycles. The number of oxazole rings is 1. The normalized spacial score (nSPS) is 20.1. The maximum Gasteiger partial charge on any atom is 0.316 e. The molecular formula is C19H24N2O4S. The van der Waals surface area contributed by atoms with Gasteiger partial charge in [-0.05, 0) is 43.7 Å². The third kappa shape index (κ3) is 4.78. The van der Waals surface area contributed by atoms with Crippen LogP contribution in [0.3, 0.4) is 0 Å². The number of aromatic nitrogens is 1. The first-order chi connectivity index (χ1) is 12.5. The van der Waals surface area contributed by atoms with Gasteiger partial charge in [0.15, 0.2) is 12.2 Å². The van der Waals surface area contributed by atoms with Gasteiger partial charge in [-0.2, -0.15) is 0 Å². The number of para-hydroxylation sites is 2. The van der Waals surface area contributed by atoms with E-state index in [9.17, 15) is 9.59 Å². The fourth-order valence-electron chi connectivity index (χ4n) is 3.15. The molecule has 0 aliphatic heterocycles. The van der Waals surface area contributed by atoms with Crippen molar-refractivity contribution < 1.29 is 18.7 Å². The second-order valence-corrected chi connectivity index (χ2v) is 7.74. The van der Waals surface area contributed by atoms with Crippen molar-refractivity contribution >= 4 is 34.7 Å². The first kappa shape index (κ1) is 18.8. The number of carbonyl (C=O) groups is 2. The number of amides is 1. The summed E-state index contributed by atoms with van der Waals surface area (Å²) in [7, 11) is 1.80. The first-order valence-corrected chi connectivity index (χ1v) is 9.91. The van der Waals surface area contributed by atoms with E-state index in [4.69, 9.17) is 9.15 Å². The maximum atomic E-state index is 12.2. The number of ether oxygens (including phenoxy) is 1. The molecular weight excluding hydrogens is 352 g/mol. The predicted octanol–water partition coefficient (Wildman–Crippen LogP) is 3.50. The van der Waals surface area contributed by atoms with Gasteiger partial charge in [-0.1, -0.05) is 30.8 Å². The Balaban J connectivity index is 1.41. The Labute approximate surface area is 157 Å². The summed E-state index contributed by atoms with van der Waals surface area (Å²) in [5, 5.41) is 0.419. The number of nitrogens with zero attached hydrogens (tertiary/aromatic N) is 2. The molecule has 7 heteroatoms. The van der Waals surface area contributed by atoms with Gasteiger partial charge in [0.1, 0.15) is 11.3 Å². The molecule has 1 aliphatic carbocycles. The van der Waals surface area contributed by atoms with Crippen molar-refractivity contribution in [1.82, 2.24) is 9.88 Å². The Morgan fingerprint density at radius 1 is 1.27 bits per heavy atom. The summed E-state index contributed by atoms with van der Waals surface area (Å²) >= 11 is 1.17. The number of esters is 1. The fraction of sp³-hybridized carbons (Fsp3) is 0.526. The van der Waals surface area contributed by atoms with E-state index < -0.39 is 5.97 Å². The summed E-state index contributed by atoms with van der Waals surface area (Å²) in [4.78, 5) is 30.1. The number of likely N-dealkylation sites (N-methyl/N-ethyl adjacent to an activating group) is 1. The Hall–Kier alpha value is -2.02. The molecule has 2 aromatic rings. The standard InChI is InChI=1S/C19H24N2O4S/c1-13-7-9-14(10-8-13)21(2)17(22)11-24-18(23)12-26-19-20-15-5-3-4-6-16(15)25-19/h3-6,13-14H,7-12H2,1-2H3. The van der Waals surface area contributed by atoms with Crippen molar-refractivity contribution in [2.75, 3.05) is 19.4 Å². The molecule has 1 fully saturated rings. The molecule has 1 aromatic carbocycles. The predicted molar refractivity (Wildman–Crippen MR) is 99.9 cm³/mol. The Morgan fingerprint density at radius 3 is 2.73 bits per heavy atom. The summed E-state index contributed by atoms with van der Waals surface area (Å²) in [6.07, 6.45) is 4.32. The van der Waals surface area contributed by atoms with Crippen LogP contribution in [0.4, 0.5) is 0 Å². The lowest BCUT2D eigenvalue weighted by Gasteiger charge is -2.33. The van der Waals surface area contributed by atoms with E-state index in [0.717, 1.165) is 37.1 Å². The smallest absolute Gasteiger partial charge is 0.316 e. The Morgan fingerprint density at radius 2 is 2.00 bits per heavy atom. The van der Waals surface area contributed by atoms with Crippen molar-refractivity contribution in [3.63, 3.8) is 0 Å². The van der Waals surface area contributed by atoms with E-state index in [1.165, 1.54) is 11.8 Å². The molecule has 1 heterocycles. The van der Waals surface area contributed by atoms with Crippen LogP contribution in [0, 0.1) is 5.92 Å². The van der Waals surface area contributed by atoms with E-state index in [1.54, 1.807) is 11.9 Å². The van der Waals surface area contributed by atoms with Gasteiger partial charge in [0.05, 0.1) is 0 Å². The highest BCUT2D eigenvalue weighted by atomic mass is 32.2. The van der Waals surface area contributed by atoms with E-state index >= 15 is 0 Å². The lowest BCUT2D eigenvalue weighted by Crippen LogP contribution is -2.41. The monoisotopic (exact) mass is 376 g/mol. The van der Waals surface area contributed by atoms with Crippen LogP contribution in [0.5, 0.6) is 0 Å². The lowest BCUT2D eigenvalue weighted by atomic mass is 9.87. The van der Waals surface area contributed by atoms with Gasteiger partial charge in [-0.3, -0.25) is 9.59 Å². The quantitative estimate of drug-likeness (QED) is 0.567. The highest BCUT2D eigenvalue weighted by Crippen LogP contribution is 2.26. The molecule has 0 N–H and O–H groups in total. The van der Waals surface area contributed by atoms with Crippen LogP contribution in [-0.2, 0) is 14.3 Å². The first-order valence-electron chi connectivity index (χ1n) is 8.92. The minimum Gasteiger partial charge on any atom is -0.455 e. The largest absolute Gasteiger partial charge is 0.455 e. The van der Waals surface area contributed by atoms with E-state index in [2.05, 4.69) is 11.9 Å². The zero-order valence-corrected chi connectivity index (χ0v) is 16.0. The molecule has 0 radical (unpaired) electrons. The van der Waals surface area contributed by atoms with Crippen LogP contribution < -0.4 is 0 Å². The fourth-order valence-corrected chi connectivity index (χ4v) is 3.79. The van der Waals surface area contributed by atoms with Crippen LogP contribution in [-0.4, -0.2) is 47.2 Å². The summed E-state index contributed by atoms with van der Waals surface area (Å²) in [6.45, 7) is 2.03. The van der Waals surface area contributed by atoms with Gasteiger partial charge >= 0.3 is 5.97 Å². The zero-order chi connectivity index (χ0) is 18.5. The van der Waals surface area contributed by atoms with Crippen LogP contribution in [0.2, 0.25) is 0 Å². The van der Waals surface area contributed by atoms with Gasteiger partial charge in [-0.15, -0.1) is 0 Å².